The highest BCUT2D eigenvalue weighted by Gasteiger charge is 2.41. The van der Waals surface area contributed by atoms with Gasteiger partial charge in [0.25, 0.3) is 0 Å². The molecule has 0 amide bonds. The molecule has 28 heavy (non-hydrogen) atoms. The smallest absolute Gasteiger partial charge is 0.225 e. The summed E-state index contributed by atoms with van der Waals surface area (Å²) < 4.78 is 13.2. The number of benzene rings is 1. The van der Waals surface area contributed by atoms with Gasteiger partial charge in [-0.1, -0.05) is 13.8 Å². The lowest BCUT2D eigenvalue weighted by molar-refractivity contribution is 0.0979. The summed E-state index contributed by atoms with van der Waals surface area (Å²) in [5.74, 6) is 2.65. The molecule has 4 rings (SSSR count). The molecule has 8 nitrogen and oxygen atoms in total. The van der Waals surface area contributed by atoms with Gasteiger partial charge < -0.3 is 14.8 Å². The van der Waals surface area contributed by atoms with Gasteiger partial charge in [0.1, 0.15) is 17.2 Å². The first-order valence-corrected chi connectivity index (χ1v) is 9.48. The Balaban J connectivity index is 1.73. The van der Waals surface area contributed by atoms with Gasteiger partial charge in [0, 0.05) is 25.6 Å². The van der Waals surface area contributed by atoms with E-state index in [9.17, 15) is 0 Å². The summed E-state index contributed by atoms with van der Waals surface area (Å²) >= 11 is 0. The number of fused-ring (bicyclic) bond motifs is 2. The van der Waals surface area contributed by atoms with Crippen LogP contribution in [-0.2, 0) is 19.2 Å². The molecule has 0 aliphatic carbocycles. The van der Waals surface area contributed by atoms with Gasteiger partial charge in [-0.15, -0.1) is 0 Å². The minimum Gasteiger partial charge on any atom is -0.497 e. The minimum atomic E-state index is -1.09. The maximum atomic E-state index is 6.73. The van der Waals surface area contributed by atoms with Crippen LogP contribution in [-0.4, -0.2) is 33.4 Å². The minimum absolute atomic E-state index is 0.492. The van der Waals surface area contributed by atoms with Crippen LogP contribution in [0.2, 0.25) is 0 Å². The second-order valence-corrected chi connectivity index (χ2v) is 7.65. The van der Waals surface area contributed by atoms with E-state index >= 15 is 0 Å². The first kappa shape index (κ1) is 18.5. The van der Waals surface area contributed by atoms with Crippen LogP contribution in [0.3, 0.4) is 0 Å². The van der Waals surface area contributed by atoms with Crippen molar-refractivity contribution in [3.05, 3.63) is 35.7 Å². The normalized spacial score (nSPS) is 18.4. The molecule has 1 aliphatic heterocycles. The number of aryl methyl sites for hydroxylation is 1. The maximum absolute atomic E-state index is 6.73. The average Bonchev–Trinajstić information content (AvgIpc) is 3.20. The molecule has 3 aromatic rings. The summed E-state index contributed by atoms with van der Waals surface area (Å²) in [5, 5.41) is 8.44. The van der Waals surface area contributed by atoms with Crippen molar-refractivity contribution in [2.24, 2.45) is 18.7 Å². The van der Waals surface area contributed by atoms with Gasteiger partial charge in [0.2, 0.25) is 11.7 Å². The number of nitrogens with zero attached hydrogens (tertiary/aromatic N) is 4. The number of anilines is 1. The fourth-order valence-electron chi connectivity index (χ4n) is 3.46. The zero-order valence-corrected chi connectivity index (χ0v) is 16.7. The molecule has 0 spiro atoms. The monoisotopic (exact) mass is 382 g/mol. The highest BCUT2D eigenvalue weighted by atomic mass is 16.5. The van der Waals surface area contributed by atoms with Crippen molar-refractivity contribution >= 4 is 17.0 Å². The quantitative estimate of drug-likeness (QED) is 0.676. The molecule has 0 radical (unpaired) electrons. The number of rotatable bonds is 6. The summed E-state index contributed by atoms with van der Waals surface area (Å²) in [6.45, 7) is 5.16. The first-order valence-electron chi connectivity index (χ1n) is 9.48. The second-order valence-electron chi connectivity index (χ2n) is 7.65. The molecular weight excluding hydrogens is 356 g/mol. The van der Waals surface area contributed by atoms with Gasteiger partial charge in [-0.25, -0.2) is 4.98 Å². The van der Waals surface area contributed by atoms with Crippen molar-refractivity contribution < 1.29 is 9.47 Å². The molecule has 0 saturated carbocycles. The van der Waals surface area contributed by atoms with E-state index in [-0.39, 0.29) is 0 Å². The van der Waals surface area contributed by atoms with Crippen molar-refractivity contribution in [3.63, 3.8) is 0 Å². The fraction of sp³-hybridized carbons (Fsp3) is 0.450. The highest BCUT2D eigenvalue weighted by molar-refractivity contribution is 5.79. The van der Waals surface area contributed by atoms with Crippen LogP contribution >= 0.6 is 0 Å². The van der Waals surface area contributed by atoms with Crippen LogP contribution in [0.1, 0.15) is 31.5 Å². The van der Waals surface area contributed by atoms with Gasteiger partial charge in [0.15, 0.2) is 5.65 Å². The van der Waals surface area contributed by atoms with Crippen LogP contribution in [0, 0.1) is 5.92 Å². The van der Waals surface area contributed by atoms with E-state index in [2.05, 4.69) is 29.2 Å². The predicted octanol–water partition coefficient (Wildman–Crippen LogP) is 2.58. The number of hydrogen-bond donors (Lipinski definition) is 2. The van der Waals surface area contributed by atoms with E-state index in [1.807, 2.05) is 25.2 Å². The summed E-state index contributed by atoms with van der Waals surface area (Å²) in [6, 6.07) is 5.70. The third kappa shape index (κ3) is 3.24. The molecule has 0 bridgehead atoms. The molecule has 3 heterocycles. The van der Waals surface area contributed by atoms with Crippen molar-refractivity contribution in [2.75, 3.05) is 19.0 Å². The number of ether oxygens (including phenoxy) is 2. The zero-order chi connectivity index (χ0) is 19.9. The number of aromatic nitrogens is 4. The Morgan fingerprint density at radius 1 is 1.36 bits per heavy atom. The molecule has 0 saturated heterocycles. The van der Waals surface area contributed by atoms with E-state index in [1.54, 1.807) is 18.0 Å². The SMILES string of the molecule is COc1ccc2c(c1)CC(N)(c1nc(NCCC(C)C)nc3c1cnn3C)O2. The predicted molar refractivity (Wildman–Crippen MR) is 107 cm³/mol. The van der Waals surface area contributed by atoms with Crippen molar-refractivity contribution in [1.29, 1.82) is 0 Å². The Morgan fingerprint density at radius 3 is 2.93 bits per heavy atom. The van der Waals surface area contributed by atoms with E-state index in [1.165, 1.54) is 0 Å². The largest absolute Gasteiger partial charge is 0.497 e. The second kappa shape index (κ2) is 6.94. The molecule has 0 fully saturated rings. The number of nitrogens with one attached hydrogen (secondary N) is 1. The lowest BCUT2D eigenvalue weighted by atomic mass is 10.0. The molecule has 1 atom stereocenters. The van der Waals surface area contributed by atoms with Crippen LogP contribution in [0.25, 0.3) is 11.0 Å². The Kier molecular flexibility index (Phi) is 4.58. The summed E-state index contributed by atoms with van der Waals surface area (Å²) in [7, 11) is 3.50. The zero-order valence-electron chi connectivity index (χ0n) is 16.7. The Hall–Kier alpha value is -2.87. The van der Waals surface area contributed by atoms with E-state index < -0.39 is 5.72 Å². The number of methoxy groups -OCH3 is 1. The summed E-state index contributed by atoms with van der Waals surface area (Å²) in [4.78, 5) is 9.35. The van der Waals surface area contributed by atoms with E-state index in [0.717, 1.165) is 41.1 Å². The van der Waals surface area contributed by atoms with Gasteiger partial charge in [0.05, 0.1) is 18.7 Å². The molecule has 2 aromatic heterocycles. The summed E-state index contributed by atoms with van der Waals surface area (Å²) in [5.41, 5.74) is 7.98. The van der Waals surface area contributed by atoms with Crippen LogP contribution < -0.4 is 20.5 Å². The number of nitrogens with two attached hydrogens (primary N) is 1. The van der Waals surface area contributed by atoms with E-state index in [0.29, 0.717) is 24.0 Å². The molecule has 1 aromatic carbocycles. The molecule has 1 aliphatic rings. The Bertz CT molecular complexity index is 1020. The van der Waals surface area contributed by atoms with Crippen molar-refractivity contribution in [3.8, 4) is 11.5 Å². The Morgan fingerprint density at radius 2 is 2.18 bits per heavy atom. The highest BCUT2D eigenvalue weighted by Crippen LogP contribution is 2.41. The molecule has 3 N–H and O–H groups in total. The van der Waals surface area contributed by atoms with Crippen molar-refractivity contribution in [1.82, 2.24) is 19.7 Å². The lowest BCUT2D eigenvalue weighted by Gasteiger charge is -2.24. The van der Waals surface area contributed by atoms with Crippen LogP contribution in [0.5, 0.6) is 11.5 Å². The molecule has 148 valence electrons. The molecular formula is C20H26N6O2. The third-order valence-corrected chi connectivity index (χ3v) is 5.01. The van der Waals surface area contributed by atoms with Gasteiger partial charge in [-0.3, -0.25) is 10.4 Å². The topological polar surface area (TPSA) is 100 Å². The fourth-order valence-corrected chi connectivity index (χ4v) is 3.46. The molecule has 8 heteroatoms. The van der Waals surface area contributed by atoms with Crippen LogP contribution in [0.15, 0.2) is 24.4 Å². The number of hydrogen-bond acceptors (Lipinski definition) is 7. The third-order valence-electron chi connectivity index (χ3n) is 5.01. The van der Waals surface area contributed by atoms with Gasteiger partial charge >= 0.3 is 0 Å². The van der Waals surface area contributed by atoms with E-state index in [4.69, 9.17) is 20.2 Å². The standard InChI is InChI=1S/C20H26N6O2/c1-12(2)7-8-22-19-24-17(15-11-23-26(3)18(15)25-19)20(21)10-13-9-14(27-4)5-6-16(13)28-20/h5-6,9,11-12H,7-8,10,21H2,1-4H3,(H,22,24,25). The van der Waals surface area contributed by atoms with Gasteiger partial charge in [-0.2, -0.15) is 10.1 Å². The van der Waals surface area contributed by atoms with Gasteiger partial charge in [-0.05, 0) is 30.5 Å². The summed E-state index contributed by atoms with van der Waals surface area (Å²) in [6.07, 6.45) is 3.26. The maximum Gasteiger partial charge on any atom is 0.225 e. The lowest BCUT2D eigenvalue weighted by Crippen LogP contribution is -2.42. The van der Waals surface area contributed by atoms with Crippen LogP contribution in [0.4, 0.5) is 5.95 Å². The first-order chi connectivity index (χ1) is 13.4. The molecule has 1 unspecified atom stereocenters. The average molecular weight is 382 g/mol. The Labute approximate surface area is 164 Å². The van der Waals surface area contributed by atoms with Crippen molar-refractivity contribution in [2.45, 2.75) is 32.4 Å².